The maximum atomic E-state index is 13.0. The number of esters is 6. The van der Waals surface area contributed by atoms with E-state index in [-0.39, 0.29) is 86.9 Å². The molecule has 0 aliphatic rings. The second-order valence-electron chi connectivity index (χ2n) is 25.4. The zero-order chi connectivity index (χ0) is 66.6. The predicted octanol–water partition coefficient (Wildman–Crippen LogP) is 9.80. The van der Waals surface area contributed by atoms with Gasteiger partial charge in [0.15, 0.2) is 13.1 Å². The van der Waals surface area contributed by atoms with Gasteiger partial charge in [-0.05, 0) is 102 Å². The molecule has 2 N–H and O–H groups in total. The second-order valence-corrected chi connectivity index (χ2v) is 25.4. The van der Waals surface area contributed by atoms with Gasteiger partial charge in [0.25, 0.3) is 0 Å². The average molecular weight is 1340 g/mol. The maximum Gasteiger partial charge on any atom is 0.362 e. The van der Waals surface area contributed by atoms with Crippen LogP contribution in [0.15, 0.2) is 85.4 Å². The maximum absolute atomic E-state index is 13.0. The normalized spacial score (nSPS) is 13.5. The Balaban J connectivity index is -0.0000396. The molecule has 18 heteroatoms. The molecule has 0 aliphatic carbocycles. The molecule has 0 aromatic heterocycles. The number of rotatable bonds is 60. The highest BCUT2D eigenvalue weighted by atomic mass is 35.5. The lowest BCUT2D eigenvalue weighted by atomic mass is 10.0. The molecule has 0 bridgehead atoms. The van der Waals surface area contributed by atoms with Crippen LogP contribution in [0.1, 0.15) is 259 Å². The molecule has 0 aromatic rings. The first-order chi connectivity index (χ1) is 43.4. The summed E-state index contributed by atoms with van der Waals surface area (Å²) in [6, 6.07) is 0. The van der Waals surface area contributed by atoms with Gasteiger partial charge >= 0.3 is 35.8 Å². The summed E-state index contributed by atoms with van der Waals surface area (Å²) < 4.78 is 33.6. The molecule has 532 valence electrons. The minimum absolute atomic E-state index is 0. The van der Waals surface area contributed by atoms with E-state index in [4.69, 9.17) is 28.4 Å². The van der Waals surface area contributed by atoms with Crippen molar-refractivity contribution < 1.29 is 101 Å². The number of carbonyl (C=O) groups excluding carboxylic acids is 6. The third kappa shape index (κ3) is 60.4. The topological polar surface area (TPSA) is 198 Å². The lowest BCUT2D eigenvalue weighted by Gasteiger charge is -2.30. The van der Waals surface area contributed by atoms with Gasteiger partial charge in [0.1, 0.15) is 38.5 Å². The molecule has 0 heterocycles. The van der Waals surface area contributed by atoms with Crippen molar-refractivity contribution in [1.29, 1.82) is 0 Å². The van der Waals surface area contributed by atoms with E-state index in [0.717, 1.165) is 167 Å². The van der Waals surface area contributed by atoms with Crippen LogP contribution >= 0.6 is 0 Å². The standard InChI is InChI=1S/C74H128N2O14.2ClH/c1-9-13-17-31-43-55-71(81)87-61-57-75(5,6)63-73(83)89-67(51-39-15-11-3)65(77)49-41-33-25-19-21-27-35-45-53-69(79)85-59-47-37-29-23-24-30-38-48-60-86-70(80)54-46-36-28-22-20-26-34-42-50-66(78)68(52-40-16-12-4)90-74(84)64-76(7,8)58-62-88-72(82)56-44-32-18-14-10-2;;/h23-24,29-30,33-34,37-38,41-42,47-48,59-60,65-68,77-78H,9-22,25-28,31-32,35-36,39-40,43-46,49-58,61-64H2,1-8H3;2*1H/q+2;;/p-2/b24-23+,37-29+,38-30+,41-33-,42-34-,59-47-,60-48-;;. The molecular formula is C74H128Cl2N2O14. The highest BCUT2D eigenvalue weighted by molar-refractivity contribution is 5.72. The summed E-state index contributed by atoms with van der Waals surface area (Å²) in [6.45, 7) is 10.3. The summed E-state index contributed by atoms with van der Waals surface area (Å²) in [4.78, 5) is 74.6. The number of allylic oxidation sites excluding steroid dienone is 10. The molecule has 0 saturated heterocycles. The Morgan fingerprint density at radius 3 is 1.00 bits per heavy atom. The number of aliphatic hydroxyl groups excluding tert-OH is 2. The van der Waals surface area contributed by atoms with Crippen LogP contribution in [0.5, 0.6) is 0 Å². The number of hydrogen-bond donors (Lipinski definition) is 2. The van der Waals surface area contributed by atoms with Gasteiger partial charge in [-0.2, -0.15) is 0 Å². The van der Waals surface area contributed by atoms with Gasteiger partial charge in [0, 0.05) is 25.7 Å². The van der Waals surface area contributed by atoms with Crippen LogP contribution in [-0.4, -0.2) is 147 Å². The molecule has 0 radical (unpaired) electrons. The van der Waals surface area contributed by atoms with E-state index >= 15 is 0 Å². The fourth-order valence-corrected chi connectivity index (χ4v) is 9.78. The number of unbranched alkanes of at least 4 members (excludes halogenated alkanes) is 22. The minimum atomic E-state index is -0.785. The van der Waals surface area contributed by atoms with Crippen LogP contribution < -0.4 is 24.8 Å². The summed E-state index contributed by atoms with van der Waals surface area (Å²) in [7, 11) is 7.66. The molecular weight excluding hydrogens is 1210 g/mol. The zero-order valence-corrected chi connectivity index (χ0v) is 60.0. The molecule has 0 amide bonds. The van der Waals surface area contributed by atoms with E-state index in [2.05, 4.69) is 39.8 Å². The quantitative estimate of drug-likeness (QED) is 0.0111. The molecule has 0 fully saturated rings. The number of hydrogen-bond acceptors (Lipinski definition) is 14. The Morgan fingerprint density at radius 2 is 0.652 bits per heavy atom. The van der Waals surface area contributed by atoms with E-state index in [1.165, 1.54) is 25.4 Å². The van der Waals surface area contributed by atoms with Crippen molar-refractivity contribution >= 4 is 35.8 Å². The fraction of sp³-hybridized carbons (Fsp3) is 0.730. The number of aliphatic hydroxyl groups is 2. The van der Waals surface area contributed by atoms with E-state index in [0.29, 0.717) is 73.4 Å². The van der Waals surface area contributed by atoms with Crippen molar-refractivity contribution in [2.24, 2.45) is 0 Å². The molecule has 4 atom stereocenters. The summed E-state index contributed by atoms with van der Waals surface area (Å²) >= 11 is 0. The van der Waals surface area contributed by atoms with Crippen LogP contribution in [0.4, 0.5) is 0 Å². The molecule has 0 rings (SSSR count). The first kappa shape index (κ1) is 91.6. The van der Waals surface area contributed by atoms with Crippen LogP contribution in [0.3, 0.4) is 0 Å². The lowest BCUT2D eigenvalue weighted by molar-refractivity contribution is -0.883. The zero-order valence-electron chi connectivity index (χ0n) is 58.5. The van der Waals surface area contributed by atoms with E-state index in [1.54, 1.807) is 24.3 Å². The van der Waals surface area contributed by atoms with E-state index in [1.807, 2.05) is 64.6 Å². The van der Waals surface area contributed by atoms with Crippen molar-refractivity contribution in [2.75, 3.05) is 67.6 Å². The number of ether oxygens (including phenoxy) is 6. The highest BCUT2D eigenvalue weighted by Gasteiger charge is 2.29. The Kier molecular flexibility index (Phi) is 63.5. The van der Waals surface area contributed by atoms with Gasteiger partial charge < -0.3 is 72.4 Å². The Labute approximate surface area is 570 Å². The van der Waals surface area contributed by atoms with E-state index < -0.39 is 24.4 Å². The van der Waals surface area contributed by atoms with Crippen molar-refractivity contribution in [2.45, 2.75) is 283 Å². The number of carbonyl (C=O) groups is 6. The predicted molar refractivity (Wildman–Crippen MR) is 362 cm³/mol. The summed E-state index contributed by atoms with van der Waals surface area (Å²) in [5, 5.41) is 22.0. The fourth-order valence-electron chi connectivity index (χ4n) is 9.78. The largest absolute Gasteiger partial charge is 1.00 e. The minimum Gasteiger partial charge on any atom is -1.00 e. The Morgan fingerprint density at radius 1 is 0.359 bits per heavy atom. The molecule has 0 spiro atoms. The van der Waals surface area contributed by atoms with Gasteiger partial charge in [-0.25, -0.2) is 9.59 Å². The van der Waals surface area contributed by atoms with E-state index in [9.17, 15) is 39.0 Å². The number of nitrogens with zero attached hydrogens (tertiary/aromatic N) is 2. The van der Waals surface area contributed by atoms with Gasteiger partial charge in [-0.3, -0.25) is 19.2 Å². The monoisotopic (exact) mass is 1340 g/mol. The van der Waals surface area contributed by atoms with Crippen molar-refractivity contribution in [3.8, 4) is 0 Å². The summed E-state index contributed by atoms with van der Waals surface area (Å²) in [5.41, 5.74) is 0. The molecule has 0 saturated carbocycles. The molecule has 0 aliphatic heterocycles. The molecule has 92 heavy (non-hydrogen) atoms. The third-order valence-corrected chi connectivity index (χ3v) is 15.5. The average Bonchev–Trinajstić information content (AvgIpc) is 1.43. The van der Waals surface area contributed by atoms with Gasteiger partial charge in [-0.1, -0.05) is 204 Å². The third-order valence-electron chi connectivity index (χ3n) is 15.5. The van der Waals surface area contributed by atoms with Crippen LogP contribution in [0, 0.1) is 0 Å². The molecule has 0 aromatic carbocycles. The number of likely N-dealkylation sites (N-methyl/N-ethyl adjacent to an activating group) is 2. The first-order valence-corrected chi connectivity index (χ1v) is 35.1. The molecule has 16 nitrogen and oxygen atoms in total. The first-order valence-electron chi connectivity index (χ1n) is 35.1. The van der Waals surface area contributed by atoms with Crippen molar-refractivity contribution in [3.63, 3.8) is 0 Å². The SMILES string of the molecule is CCCCCCCC(=O)OCC[N+](C)(C)CC(=O)OC(CCCCC)C(O)C/C=C\CCCCCCCC(=O)O\C=C/C=C/C=C/C=C/C=C\OC(=O)CCCCCCC/C=C\CC(O)C(CCCCC)OC(=O)C[N+](C)(C)CCOC(=O)CCCCCCC.[Cl-].[Cl-]. The van der Waals surface area contributed by atoms with Gasteiger partial charge in [-0.15, -0.1) is 0 Å². The van der Waals surface area contributed by atoms with Crippen LogP contribution in [0.2, 0.25) is 0 Å². The lowest BCUT2D eigenvalue weighted by Crippen LogP contribution is -3.00. The van der Waals surface area contributed by atoms with Gasteiger partial charge in [0.2, 0.25) is 0 Å². The van der Waals surface area contributed by atoms with Crippen LogP contribution in [0.25, 0.3) is 0 Å². The second kappa shape index (κ2) is 63.8. The highest BCUT2D eigenvalue weighted by Crippen LogP contribution is 2.19. The number of quaternary nitrogens is 2. The van der Waals surface area contributed by atoms with Crippen molar-refractivity contribution in [3.05, 3.63) is 85.4 Å². The number of halogens is 2. The summed E-state index contributed by atoms with van der Waals surface area (Å²) in [5.74, 6) is -1.63. The van der Waals surface area contributed by atoms with Gasteiger partial charge in [0.05, 0.1) is 52.9 Å². The smallest absolute Gasteiger partial charge is 0.362 e. The summed E-state index contributed by atoms with van der Waals surface area (Å²) in [6.07, 6.45) is 53.7. The Hall–Kier alpha value is -4.58. The molecule has 4 unspecified atom stereocenters. The Bertz CT molecular complexity index is 1930. The van der Waals surface area contributed by atoms with Crippen LogP contribution in [-0.2, 0) is 57.2 Å². The van der Waals surface area contributed by atoms with Crippen molar-refractivity contribution in [1.82, 2.24) is 0 Å².